The van der Waals surface area contributed by atoms with E-state index in [-0.39, 0.29) is 5.25 Å². The van der Waals surface area contributed by atoms with Crippen molar-refractivity contribution in [2.45, 2.75) is 37.9 Å². The highest BCUT2D eigenvalue weighted by Crippen LogP contribution is 2.30. The Morgan fingerprint density at radius 2 is 2.10 bits per heavy atom. The molecule has 4 nitrogen and oxygen atoms in total. The minimum absolute atomic E-state index is 0.355. The van der Waals surface area contributed by atoms with Crippen LogP contribution in [0.2, 0.25) is 0 Å². The van der Waals surface area contributed by atoms with Crippen molar-refractivity contribution in [2.75, 3.05) is 26.2 Å². The molecule has 1 N–H and O–H groups in total. The van der Waals surface area contributed by atoms with Crippen molar-refractivity contribution in [1.82, 2.24) is 9.62 Å². The summed E-state index contributed by atoms with van der Waals surface area (Å²) < 4.78 is 26.0. The molecule has 0 aliphatic carbocycles. The van der Waals surface area contributed by atoms with Gasteiger partial charge in [0.1, 0.15) is 0 Å². The van der Waals surface area contributed by atoms with E-state index in [2.05, 4.69) is 27.1 Å². The first kappa shape index (κ1) is 15.9. The summed E-state index contributed by atoms with van der Waals surface area (Å²) in [6.07, 6.45) is 2.36. The van der Waals surface area contributed by atoms with Gasteiger partial charge >= 0.3 is 0 Å². The lowest BCUT2D eigenvalue weighted by molar-refractivity contribution is 0.217. The maximum atomic E-state index is 11.7. The molecule has 0 spiro atoms. The second-order valence-electron chi connectivity index (χ2n) is 5.62. The zero-order valence-electron chi connectivity index (χ0n) is 12.2. The first-order valence-electron chi connectivity index (χ1n) is 7.23. The van der Waals surface area contributed by atoms with E-state index in [0.717, 1.165) is 19.6 Å². The number of likely N-dealkylation sites (tertiary alicyclic amines) is 1. The SMILES string of the molecule is CC(C)S(=O)(=O)NCCN1CCC(c2cccs2)CC1. The van der Waals surface area contributed by atoms with E-state index in [1.54, 1.807) is 13.8 Å². The third kappa shape index (κ3) is 4.28. The van der Waals surface area contributed by atoms with E-state index in [4.69, 9.17) is 0 Å². The Kier molecular flexibility index (Phi) is 5.60. The second kappa shape index (κ2) is 7.02. The Morgan fingerprint density at radius 3 is 2.65 bits per heavy atom. The first-order valence-corrected chi connectivity index (χ1v) is 9.66. The number of sulfonamides is 1. The van der Waals surface area contributed by atoms with Crippen LogP contribution in [0.4, 0.5) is 0 Å². The molecule has 1 aliphatic heterocycles. The molecule has 0 unspecified atom stereocenters. The van der Waals surface area contributed by atoms with Crippen LogP contribution < -0.4 is 4.72 Å². The van der Waals surface area contributed by atoms with Gasteiger partial charge < -0.3 is 4.90 Å². The molecule has 0 amide bonds. The van der Waals surface area contributed by atoms with Crippen LogP contribution in [0, 0.1) is 0 Å². The molecule has 2 rings (SSSR count). The van der Waals surface area contributed by atoms with Crippen molar-refractivity contribution in [3.63, 3.8) is 0 Å². The largest absolute Gasteiger partial charge is 0.302 e. The summed E-state index contributed by atoms with van der Waals surface area (Å²) in [5.74, 6) is 0.693. The van der Waals surface area contributed by atoms with Gasteiger partial charge in [-0.3, -0.25) is 0 Å². The summed E-state index contributed by atoms with van der Waals surface area (Å²) in [5.41, 5.74) is 0. The third-order valence-electron chi connectivity index (χ3n) is 3.89. The molecule has 6 heteroatoms. The Balaban J connectivity index is 1.70. The Hall–Kier alpha value is -0.430. The first-order chi connectivity index (χ1) is 9.49. The van der Waals surface area contributed by atoms with Crippen molar-refractivity contribution in [3.8, 4) is 0 Å². The van der Waals surface area contributed by atoms with Gasteiger partial charge in [-0.25, -0.2) is 13.1 Å². The third-order valence-corrected chi connectivity index (χ3v) is 6.77. The molecular weight excluding hydrogens is 292 g/mol. The Morgan fingerprint density at radius 1 is 1.40 bits per heavy atom. The standard InChI is InChI=1S/C14H24N2O2S2/c1-12(2)20(17,18)15-7-10-16-8-5-13(6-9-16)14-4-3-11-19-14/h3-4,11-13,15H,5-10H2,1-2H3. The van der Waals surface area contributed by atoms with E-state index in [0.29, 0.717) is 12.5 Å². The number of hydrogen-bond donors (Lipinski definition) is 1. The average molecular weight is 316 g/mol. The van der Waals surface area contributed by atoms with Crippen LogP contribution in [-0.4, -0.2) is 44.7 Å². The average Bonchev–Trinajstić information content (AvgIpc) is 2.93. The van der Waals surface area contributed by atoms with E-state index in [1.165, 1.54) is 17.7 Å². The van der Waals surface area contributed by atoms with Crippen molar-refractivity contribution in [1.29, 1.82) is 0 Å². The quantitative estimate of drug-likeness (QED) is 0.876. The van der Waals surface area contributed by atoms with Gasteiger partial charge in [0, 0.05) is 18.0 Å². The maximum Gasteiger partial charge on any atom is 0.213 e. The zero-order valence-corrected chi connectivity index (χ0v) is 13.8. The van der Waals surface area contributed by atoms with Gasteiger partial charge in [-0.15, -0.1) is 11.3 Å². The molecule has 114 valence electrons. The van der Waals surface area contributed by atoms with Crippen LogP contribution in [0.3, 0.4) is 0 Å². The monoisotopic (exact) mass is 316 g/mol. The summed E-state index contributed by atoms with van der Waals surface area (Å²) in [6, 6.07) is 4.34. The smallest absolute Gasteiger partial charge is 0.213 e. The highest BCUT2D eigenvalue weighted by Gasteiger charge is 2.21. The number of nitrogens with one attached hydrogen (secondary N) is 1. The molecule has 0 saturated carbocycles. The van der Waals surface area contributed by atoms with Gasteiger partial charge in [0.05, 0.1) is 5.25 Å². The molecular formula is C14H24N2O2S2. The van der Waals surface area contributed by atoms with Gasteiger partial charge in [-0.1, -0.05) is 6.07 Å². The van der Waals surface area contributed by atoms with Gasteiger partial charge in [-0.05, 0) is 57.1 Å². The van der Waals surface area contributed by atoms with E-state index in [9.17, 15) is 8.42 Å². The second-order valence-corrected chi connectivity index (χ2v) is 8.92. The van der Waals surface area contributed by atoms with Crippen LogP contribution in [0.25, 0.3) is 0 Å². The Bertz CT molecular complexity index is 489. The number of nitrogens with zero attached hydrogens (tertiary/aromatic N) is 1. The fraction of sp³-hybridized carbons (Fsp3) is 0.714. The van der Waals surface area contributed by atoms with E-state index < -0.39 is 10.0 Å². The molecule has 0 radical (unpaired) electrons. The van der Waals surface area contributed by atoms with Crippen molar-refractivity contribution in [3.05, 3.63) is 22.4 Å². The lowest BCUT2D eigenvalue weighted by Gasteiger charge is -2.31. The minimum Gasteiger partial charge on any atom is -0.302 e. The molecule has 0 aromatic carbocycles. The van der Waals surface area contributed by atoms with Crippen LogP contribution >= 0.6 is 11.3 Å². The summed E-state index contributed by atoms with van der Waals surface area (Å²) in [5, 5.41) is 1.79. The number of thiophene rings is 1. The Labute approximate surface area is 126 Å². The predicted octanol–water partition coefficient (Wildman–Crippen LogP) is 2.26. The number of rotatable bonds is 6. The predicted molar refractivity (Wildman–Crippen MR) is 84.8 cm³/mol. The summed E-state index contributed by atoms with van der Waals surface area (Å²) >= 11 is 1.84. The molecule has 20 heavy (non-hydrogen) atoms. The number of piperidine rings is 1. The fourth-order valence-corrected chi connectivity index (χ4v) is 4.09. The zero-order chi connectivity index (χ0) is 14.6. The topological polar surface area (TPSA) is 49.4 Å². The maximum absolute atomic E-state index is 11.7. The van der Waals surface area contributed by atoms with E-state index in [1.807, 2.05) is 11.3 Å². The van der Waals surface area contributed by atoms with Crippen LogP contribution in [0.5, 0.6) is 0 Å². The van der Waals surface area contributed by atoms with Crippen LogP contribution in [0.1, 0.15) is 37.5 Å². The highest BCUT2D eigenvalue weighted by molar-refractivity contribution is 7.90. The van der Waals surface area contributed by atoms with Gasteiger partial charge in [0.15, 0.2) is 0 Å². The lowest BCUT2D eigenvalue weighted by Crippen LogP contribution is -2.40. The molecule has 1 fully saturated rings. The fourth-order valence-electron chi connectivity index (χ4n) is 2.48. The molecule has 2 heterocycles. The minimum atomic E-state index is -3.12. The van der Waals surface area contributed by atoms with E-state index >= 15 is 0 Å². The van der Waals surface area contributed by atoms with Gasteiger partial charge in [0.2, 0.25) is 10.0 Å². The van der Waals surface area contributed by atoms with Crippen LogP contribution in [-0.2, 0) is 10.0 Å². The molecule has 1 aromatic heterocycles. The van der Waals surface area contributed by atoms with Crippen molar-refractivity contribution in [2.24, 2.45) is 0 Å². The molecule has 1 saturated heterocycles. The molecule has 1 aromatic rings. The molecule has 0 atom stereocenters. The van der Waals surface area contributed by atoms with Crippen molar-refractivity contribution >= 4 is 21.4 Å². The highest BCUT2D eigenvalue weighted by atomic mass is 32.2. The summed E-state index contributed by atoms with van der Waals surface area (Å²) in [7, 11) is -3.12. The number of hydrogen-bond acceptors (Lipinski definition) is 4. The normalized spacial score (nSPS) is 18.8. The lowest BCUT2D eigenvalue weighted by atomic mass is 9.95. The molecule has 1 aliphatic rings. The molecule has 0 bridgehead atoms. The van der Waals surface area contributed by atoms with Gasteiger partial charge in [0.25, 0.3) is 0 Å². The van der Waals surface area contributed by atoms with Crippen LogP contribution in [0.15, 0.2) is 17.5 Å². The van der Waals surface area contributed by atoms with Gasteiger partial charge in [-0.2, -0.15) is 0 Å². The summed E-state index contributed by atoms with van der Waals surface area (Å²) in [4.78, 5) is 3.85. The van der Waals surface area contributed by atoms with Crippen molar-refractivity contribution < 1.29 is 8.42 Å². The summed E-state index contributed by atoms with van der Waals surface area (Å²) in [6.45, 7) is 6.86.